The van der Waals surface area contributed by atoms with E-state index in [1.807, 2.05) is 44.2 Å². The quantitative estimate of drug-likeness (QED) is 0.797. The zero-order valence-electron chi connectivity index (χ0n) is 10.9. The first-order chi connectivity index (χ1) is 8.65. The van der Waals surface area contributed by atoms with Gasteiger partial charge in [0.2, 0.25) is 5.91 Å². The van der Waals surface area contributed by atoms with E-state index < -0.39 is 6.10 Å². The van der Waals surface area contributed by atoms with Gasteiger partial charge in [-0.05, 0) is 18.9 Å². The van der Waals surface area contributed by atoms with Crippen LogP contribution in [0.4, 0.5) is 0 Å². The van der Waals surface area contributed by atoms with Crippen LogP contribution in [0.15, 0.2) is 30.3 Å². The molecule has 0 radical (unpaired) electrons. The second-order valence-electron chi connectivity index (χ2n) is 4.19. The summed E-state index contributed by atoms with van der Waals surface area (Å²) < 4.78 is 0. The van der Waals surface area contributed by atoms with Crippen molar-refractivity contribution in [1.29, 1.82) is 0 Å². The minimum absolute atomic E-state index is 0.0436. The molecule has 2 unspecified atom stereocenters. The van der Waals surface area contributed by atoms with Gasteiger partial charge in [0.05, 0.1) is 11.4 Å². The minimum Gasteiger partial charge on any atom is -0.388 e. The summed E-state index contributed by atoms with van der Waals surface area (Å²) in [4.78, 5) is 11.6. The first-order valence-electron chi connectivity index (χ1n) is 6.27. The van der Waals surface area contributed by atoms with Crippen molar-refractivity contribution in [2.24, 2.45) is 0 Å². The smallest absolute Gasteiger partial charge is 0.232 e. The molecule has 2 N–H and O–H groups in total. The topological polar surface area (TPSA) is 49.3 Å². The predicted molar refractivity (Wildman–Crippen MR) is 76.6 cm³/mol. The Labute approximate surface area is 113 Å². The van der Waals surface area contributed by atoms with E-state index in [1.165, 1.54) is 11.8 Å². The molecule has 3 nitrogen and oxygen atoms in total. The second-order valence-corrected chi connectivity index (χ2v) is 5.57. The van der Waals surface area contributed by atoms with Crippen LogP contribution >= 0.6 is 11.8 Å². The van der Waals surface area contributed by atoms with Crippen LogP contribution in [-0.4, -0.2) is 28.6 Å². The SMILES string of the molecule is CCCNC(=O)C(C)SCC(O)c1ccccc1. The van der Waals surface area contributed by atoms with Gasteiger partial charge in [0.1, 0.15) is 0 Å². The van der Waals surface area contributed by atoms with Crippen molar-refractivity contribution in [2.45, 2.75) is 31.6 Å². The van der Waals surface area contributed by atoms with Gasteiger partial charge in [0.25, 0.3) is 0 Å². The lowest BCUT2D eigenvalue weighted by atomic mass is 10.1. The molecule has 1 aromatic rings. The Kier molecular flexibility index (Phi) is 6.83. The zero-order chi connectivity index (χ0) is 13.4. The van der Waals surface area contributed by atoms with Crippen LogP contribution in [0.3, 0.4) is 0 Å². The highest BCUT2D eigenvalue weighted by Crippen LogP contribution is 2.21. The summed E-state index contributed by atoms with van der Waals surface area (Å²) in [6.07, 6.45) is 0.424. The second kappa shape index (κ2) is 8.16. The summed E-state index contributed by atoms with van der Waals surface area (Å²) in [6.45, 7) is 4.61. The lowest BCUT2D eigenvalue weighted by molar-refractivity contribution is -0.120. The maximum atomic E-state index is 11.6. The van der Waals surface area contributed by atoms with Crippen molar-refractivity contribution in [1.82, 2.24) is 5.32 Å². The molecule has 0 heterocycles. The van der Waals surface area contributed by atoms with Crippen LogP contribution in [0.2, 0.25) is 0 Å². The third kappa shape index (κ3) is 5.10. The molecular weight excluding hydrogens is 246 g/mol. The maximum Gasteiger partial charge on any atom is 0.232 e. The van der Waals surface area contributed by atoms with Gasteiger partial charge in [0.15, 0.2) is 0 Å². The number of aliphatic hydroxyl groups is 1. The lowest BCUT2D eigenvalue weighted by Crippen LogP contribution is -2.31. The van der Waals surface area contributed by atoms with E-state index in [9.17, 15) is 9.90 Å². The monoisotopic (exact) mass is 267 g/mol. The number of hydrogen-bond donors (Lipinski definition) is 2. The molecule has 1 rings (SSSR count). The highest BCUT2D eigenvalue weighted by Gasteiger charge is 2.15. The normalized spacial score (nSPS) is 13.9. The Hall–Kier alpha value is -1.00. The van der Waals surface area contributed by atoms with Gasteiger partial charge in [-0.2, -0.15) is 0 Å². The molecule has 0 aliphatic carbocycles. The zero-order valence-corrected chi connectivity index (χ0v) is 11.7. The fourth-order valence-electron chi connectivity index (χ4n) is 1.47. The van der Waals surface area contributed by atoms with Gasteiger partial charge in [0, 0.05) is 12.3 Å². The van der Waals surface area contributed by atoms with Gasteiger partial charge in [-0.25, -0.2) is 0 Å². The largest absolute Gasteiger partial charge is 0.388 e. The summed E-state index contributed by atoms with van der Waals surface area (Å²) in [5, 5.41) is 12.7. The van der Waals surface area contributed by atoms with Crippen LogP contribution < -0.4 is 5.32 Å². The number of benzene rings is 1. The summed E-state index contributed by atoms with van der Waals surface area (Å²) >= 11 is 1.48. The Morgan fingerprint density at radius 2 is 2.06 bits per heavy atom. The van der Waals surface area contributed by atoms with Gasteiger partial charge < -0.3 is 10.4 Å². The fourth-order valence-corrected chi connectivity index (χ4v) is 2.37. The summed E-state index contributed by atoms with van der Waals surface area (Å²) in [5.74, 6) is 0.576. The number of amides is 1. The molecule has 100 valence electrons. The van der Waals surface area contributed by atoms with Crippen LogP contribution in [0.1, 0.15) is 31.9 Å². The first-order valence-corrected chi connectivity index (χ1v) is 7.32. The fraction of sp³-hybridized carbons (Fsp3) is 0.500. The molecule has 1 aromatic carbocycles. The Morgan fingerprint density at radius 1 is 1.39 bits per heavy atom. The molecule has 0 aromatic heterocycles. The van der Waals surface area contributed by atoms with E-state index in [1.54, 1.807) is 0 Å². The average molecular weight is 267 g/mol. The van der Waals surface area contributed by atoms with Crippen molar-refractivity contribution >= 4 is 17.7 Å². The third-order valence-electron chi connectivity index (χ3n) is 2.61. The number of thioether (sulfide) groups is 1. The molecule has 0 aliphatic rings. The average Bonchev–Trinajstić information content (AvgIpc) is 2.42. The predicted octanol–water partition coefficient (Wildman–Crippen LogP) is 2.37. The molecule has 4 heteroatoms. The number of rotatable bonds is 7. The molecule has 18 heavy (non-hydrogen) atoms. The highest BCUT2D eigenvalue weighted by atomic mass is 32.2. The molecule has 0 saturated carbocycles. The van der Waals surface area contributed by atoms with Crippen molar-refractivity contribution in [3.05, 3.63) is 35.9 Å². The van der Waals surface area contributed by atoms with E-state index in [0.717, 1.165) is 12.0 Å². The molecule has 0 fully saturated rings. The van der Waals surface area contributed by atoms with Crippen molar-refractivity contribution in [3.63, 3.8) is 0 Å². The van der Waals surface area contributed by atoms with Gasteiger partial charge in [-0.3, -0.25) is 4.79 Å². The van der Waals surface area contributed by atoms with Crippen LogP contribution in [0, 0.1) is 0 Å². The lowest BCUT2D eigenvalue weighted by Gasteiger charge is -2.15. The van der Waals surface area contributed by atoms with Crippen molar-refractivity contribution < 1.29 is 9.90 Å². The van der Waals surface area contributed by atoms with E-state index in [0.29, 0.717) is 12.3 Å². The number of carbonyl (C=O) groups is 1. The van der Waals surface area contributed by atoms with Crippen LogP contribution in [0.25, 0.3) is 0 Å². The molecule has 1 amide bonds. The minimum atomic E-state index is -0.516. The van der Waals surface area contributed by atoms with E-state index in [-0.39, 0.29) is 11.2 Å². The summed E-state index contributed by atoms with van der Waals surface area (Å²) in [5.41, 5.74) is 0.895. The Bertz CT molecular complexity index is 356. The van der Waals surface area contributed by atoms with E-state index in [2.05, 4.69) is 5.32 Å². The van der Waals surface area contributed by atoms with Gasteiger partial charge >= 0.3 is 0 Å². The highest BCUT2D eigenvalue weighted by molar-refractivity contribution is 8.00. The molecule has 0 aliphatic heterocycles. The molecule has 0 saturated heterocycles. The van der Waals surface area contributed by atoms with Gasteiger partial charge in [-0.1, -0.05) is 37.3 Å². The molecule has 2 atom stereocenters. The number of carbonyl (C=O) groups excluding carboxylic acids is 1. The molecule has 0 bridgehead atoms. The number of aliphatic hydroxyl groups excluding tert-OH is 1. The third-order valence-corrected chi connectivity index (χ3v) is 3.83. The standard InChI is InChI=1S/C14H21NO2S/c1-3-9-15-14(17)11(2)18-10-13(16)12-7-5-4-6-8-12/h4-8,11,13,16H,3,9-10H2,1-2H3,(H,15,17). The van der Waals surface area contributed by atoms with E-state index in [4.69, 9.17) is 0 Å². The van der Waals surface area contributed by atoms with Crippen LogP contribution in [-0.2, 0) is 4.79 Å². The molecular formula is C14H21NO2S. The maximum absolute atomic E-state index is 11.6. The number of hydrogen-bond acceptors (Lipinski definition) is 3. The summed E-state index contributed by atoms with van der Waals surface area (Å²) in [6, 6.07) is 9.52. The molecule has 0 spiro atoms. The Balaban J connectivity index is 2.34. The van der Waals surface area contributed by atoms with Crippen molar-refractivity contribution in [2.75, 3.05) is 12.3 Å². The van der Waals surface area contributed by atoms with Gasteiger partial charge in [-0.15, -0.1) is 11.8 Å². The van der Waals surface area contributed by atoms with Crippen molar-refractivity contribution in [3.8, 4) is 0 Å². The van der Waals surface area contributed by atoms with Crippen LogP contribution in [0.5, 0.6) is 0 Å². The number of nitrogens with one attached hydrogen (secondary N) is 1. The first kappa shape index (κ1) is 15.1. The Morgan fingerprint density at radius 3 is 2.67 bits per heavy atom. The summed E-state index contributed by atoms with van der Waals surface area (Å²) in [7, 11) is 0. The van der Waals surface area contributed by atoms with E-state index >= 15 is 0 Å².